The number of hydrogen-bond acceptors (Lipinski definition) is 5. The van der Waals surface area contributed by atoms with Gasteiger partial charge in [-0.2, -0.15) is 0 Å². The number of allylic oxidation sites excluding steroid dienone is 19. The molecule has 0 aromatic heterocycles. The monoisotopic (exact) mass is 1060 g/mol. The Kier molecular flexibility index (Phi) is 53.3. The van der Waals surface area contributed by atoms with Gasteiger partial charge in [0.1, 0.15) is 13.2 Å². The number of rotatable bonds is 54. The summed E-state index contributed by atoms with van der Waals surface area (Å²) in [4.78, 5) is 23.3. The number of aliphatic hydroxyl groups is 1. The zero-order valence-corrected chi connectivity index (χ0v) is 49.9. The summed E-state index contributed by atoms with van der Waals surface area (Å²) in [7, 11) is 1.54. The molecule has 0 spiro atoms. The molecule has 0 aromatic rings. The van der Waals surface area contributed by atoms with Gasteiger partial charge >= 0.3 is 7.82 Å². The number of unbranched alkanes of at least 4 members (excludes halogenated alkanes) is 23. The van der Waals surface area contributed by atoms with Crippen molar-refractivity contribution in [2.45, 2.75) is 251 Å². The molecule has 0 bridgehead atoms. The maximum absolute atomic E-state index is 13.0. The molecule has 1 amide bonds. The highest BCUT2D eigenvalue weighted by Gasteiger charge is 2.27. The van der Waals surface area contributed by atoms with E-state index in [1.807, 2.05) is 27.2 Å². The van der Waals surface area contributed by atoms with Crippen LogP contribution in [0.2, 0.25) is 0 Å². The lowest BCUT2D eigenvalue weighted by atomic mass is 10.0. The van der Waals surface area contributed by atoms with E-state index in [0.29, 0.717) is 17.4 Å². The minimum atomic E-state index is -4.36. The predicted molar refractivity (Wildman–Crippen MR) is 327 cm³/mol. The molecule has 0 rings (SSSR count). The van der Waals surface area contributed by atoms with Crippen LogP contribution < -0.4 is 5.32 Å². The first kappa shape index (κ1) is 71.9. The summed E-state index contributed by atoms with van der Waals surface area (Å²) in [6, 6.07) is -0.874. The van der Waals surface area contributed by atoms with Crippen molar-refractivity contribution in [1.29, 1.82) is 0 Å². The molecule has 0 aliphatic heterocycles. The Morgan fingerprint density at radius 1 is 0.467 bits per heavy atom. The highest BCUT2D eigenvalue weighted by Crippen LogP contribution is 2.43. The fourth-order valence-corrected chi connectivity index (χ4v) is 8.93. The van der Waals surface area contributed by atoms with Crippen LogP contribution in [0.4, 0.5) is 0 Å². The molecule has 0 heterocycles. The maximum atomic E-state index is 13.0. The van der Waals surface area contributed by atoms with Crippen molar-refractivity contribution in [3.8, 4) is 0 Å². The third-order valence-electron chi connectivity index (χ3n) is 12.9. The average Bonchev–Trinajstić information content (AvgIpc) is 3.37. The molecule has 0 saturated heterocycles. The van der Waals surface area contributed by atoms with Gasteiger partial charge in [0, 0.05) is 6.42 Å². The van der Waals surface area contributed by atoms with E-state index in [1.54, 1.807) is 6.08 Å². The van der Waals surface area contributed by atoms with Crippen molar-refractivity contribution in [2.24, 2.45) is 0 Å². The van der Waals surface area contributed by atoms with Gasteiger partial charge in [0.2, 0.25) is 5.91 Å². The number of aliphatic hydroxyl groups excluding tert-OH is 1. The minimum absolute atomic E-state index is 0.0498. The Hall–Kier alpha value is -3.10. The average molecular weight is 1060 g/mol. The van der Waals surface area contributed by atoms with Crippen molar-refractivity contribution < 1.29 is 32.9 Å². The molecule has 0 fully saturated rings. The van der Waals surface area contributed by atoms with Crippen molar-refractivity contribution in [1.82, 2.24) is 5.32 Å². The van der Waals surface area contributed by atoms with Crippen LogP contribution in [-0.2, 0) is 18.4 Å². The lowest BCUT2D eigenvalue weighted by Gasteiger charge is -2.25. The molecule has 3 N–H and O–H groups in total. The Balaban J connectivity index is 4.20. The normalized spacial score (nSPS) is 14.7. The minimum Gasteiger partial charge on any atom is -0.387 e. The Bertz CT molecular complexity index is 1630. The molecule has 430 valence electrons. The molecule has 3 atom stereocenters. The third kappa shape index (κ3) is 58.4. The van der Waals surface area contributed by atoms with Crippen molar-refractivity contribution in [2.75, 3.05) is 40.9 Å². The third-order valence-corrected chi connectivity index (χ3v) is 13.9. The first-order valence-corrected chi connectivity index (χ1v) is 31.9. The number of amides is 1. The highest BCUT2D eigenvalue weighted by atomic mass is 31.2. The summed E-state index contributed by atoms with van der Waals surface area (Å²) < 4.78 is 23.7. The summed E-state index contributed by atoms with van der Waals surface area (Å²) in [5.41, 5.74) is 0. The van der Waals surface area contributed by atoms with E-state index < -0.39 is 20.0 Å². The number of carbonyl (C=O) groups is 1. The lowest BCUT2D eigenvalue weighted by molar-refractivity contribution is -0.870. The Labute approximate surface area is 463 Å². The Morgan fingerprint density at radius 3 is 1.23 bits per heavy atom. The van der Waals surface area contributed by atoms with Crippen LogP contribution in [-0.4, -0.2) is 73.4 Å². The lowest BCUT2D eigenvalue weighted by Crippen LogP contribution is -2.45. The number of hydrogen-bond donors (Lipinski definition) is 3. The zero-order chi connectivity index (χ0) is 54.9. The van der Waals surface area contributed by atoms with E-state index in [0.717, 1.165) is 96.3 Å². The van der Waals surface area contributed by atoms with Gasteiger partial charge < -0.3 is 19.8 Å². The second kappa shape index (κ2) is 55.6. The van der Waals surface area contributed by atoms with E-state index in [-0.39, 0.29) is 19.1 Å². The van der Waals surface area contributed by atoms with E-state index in [4.69, 9.17) is 9.05 Å². The molecule has 9 heteroatoms. The summed E-state index contributed by atoms with van der Waals surface area (Å²) in [6.45, 7) is 4.67. The Morgan fingerprint density at radius 2 is 0.813 bits per heavy atom. The van der Waals surface area contributed by atoms with Gasteiger partial charge in [0.05, 0.1) is 39.9 Å². The largest absolute Gasteiger partial charge is 0.472 e. The van der Waals surface area contributed by atoms with Gasteiger partial charge in [-0.15, -0.1) is 0 Å². The quantitative estimate of drug-likeness (QED) is 0.0243. The topological polar surface area (TPSA) is 105 Å². The summed E-state index contributed by atoms with van der Waals surface area (Å²) in [5.74, 6) is -0.196. The molecule has 75 heavy (non-hydrogen) atoms. The number of likely N-dealkylation sites (N-methyl/N-ethyl adjacent to an activating group) is 1. The zero-order valence-electron chi connectivity index (χ0n) is 49.0. The molecule has 0 saturated carbocycles. The summed E-state index contributed by atoms with van der Waals surface area (Å²) in [6.07, 6.45) is 83.1. The van der Waals surface area contributed by atoms with Crippen LogP contribution in [0.25, 0.3) is 0 Å². The molecular weight excluding hydrogens is 948 g/mol. The maximum Gasteiger partial charge on any atom is 0.472 e. The number of carbonyl (C=O) groups excluding carboxylic acids is 1. The molecule has 0 aliphatic carbocycles. The fraction of sp³-hybridized carbons (Fsp3) is 0.682. The van der Waals surface area contributed by atoms with Crippen LogP contribution in [0, 0.1) is 0 Å². The molecule has 3 unspecified atom stereocenters. The number of nitrogens with zero attached hydrogens (tertiary/aromatic N) is 1. The second-order valence-corrected chi connectivity index (χ2v) is 22.8. The molecule has 8 nitrogen and oxygen atoms in total. The van der Waals surface area contributed by atoms with Crippen molar-refractivity contribution in [3.05, 3.63) is 122 Å². The van der Waals surface area contributed by atoms with Crippen LogP contribution >= 0.6 is 7.82 Å². The molecular formula is C66H116N2O6P+. The van der Waals surface area contributed by atoms with E-state index in [9.17, 15) is 19.4 Å². The number of nitrogens with one attached hydrogen (secondary N) is 1. The number of phosphoric ester groups is 1. The van der Waals surface area contributed by atoms with E-state index >= 15 is 0 Å². The van der Waals surface area contributed by atoms with Gasteiger partial charge in [-0.25, -0.2) is 4.57 Å². The second-order valence-electron chi connectivity index (χ2n) is 21.3. The van der Waals surface area contributed by atoms with Gasteiger partial charge in [-0.3, -0.25) is 13.8 Å². The molecule has 0 aromatic carbocycles. The van der Waals surface area contributed by atoms with Crippen LogP contribution in [0.5, 0.6) is 0 Å². The fourth-order valence-electron chi connectivity index (χ4n) is 8.19. The van der Waals surface area contributed by atoms with Crippen molar-refractivity contribution in [3.63, 3.8) is 0 Å². The SMILES string of the molecule is CC/C=C\C/C=C\C/C=C\C/C=C\C/C=C\C/C=C\C/C=C\C/C=C\CCCCCCCCCCCCC(=O)NC(COP(=O)(O)OCC[N+](C)(C)C)C(O)/C=C/CC/C=C/CCCCCCCCCCCCCC. The molecule has 0 aliphatic rings. The van der Waals surface area contributed by atoms with Gasteiger partial charge in [-0.05, 0) is 96.3 Å². The summed E-state index contributed by atoms with van der Waals surface area (Å²) in [5, 5.41) is 13.9. The number of phosphoric acid groups is 1. The number of quaternary nitrogens is 1. The predicted octanol–water partition coefficient (Wildman–Crippen LogP) is 18.9. The van der Waals surface area contributed by atoms with Gasteiger partial charge in [0.25, 0.3) is 0 Å². The van der Waals surface area contributed by atoms with Crippen LogP contribution in [0.1, 0.15) is 239 Å². The van der Waals surface area contributed by atoms with Crippen LogP contribution in [0.15, 0.2) is 122 Å². The smallest absolute Gasteiger partial charge is 0.387 e. The first-order valence-electron chi connectivity index (χ1n) is 30.4. The highest BCUT2D eigenvalue weighted by molar-refractivity contribution is 7.47. The molecule has 0 radical (unpaired) electrons. The van der Waals surface area contributed by atoms with Crippen molar-refractivity contribution >= 4 is 13.7 Å². The van der Waals surface area contributed by atoms with Gasteiger partial charge in [-0.1, -0.05) is 257 Å². The van der Waals surface area contributed by atoms with E-state index in [2.05, 4.69) is 129 Å². The van der Waals surface area contributed by atoms with Crippen LogP contribution in [0.3, 0.4) is 0 Å². The standard InChI is InChI=1S/C66H115N2O6P/c1-6-8-10-12-14-16-18-20-22-24-26-27-28-29-30-31-32-33-34-35-36-37-38-39-40-41-42-44-46-48-50-52-54-56-58-60-66(70)67-64(63-74-75(71,72)73-62-61-68(3,4)5)65(69)59-57-55-53-51-49-47-45-43-25-23-21-19-17-15-13-11-9-7-2/h8,10,14,16,20,22,26-27,29-30,32-33,35-36,38-39,49,51,57,59,64-65,69H,6-7,9,11-13,15,17-19,21,23-25,28,31,34,37,40-48,50,52-56,58,60-63H2,1-5H3,(H-,67,70,71,72)/p+1/b10-8-,16-14-,22-20-,27-26-,30-29-,33-32-,36-35-,39-38-,51-49+,59-57+. The summed E-state index contributed by atoms with van der Waals surface area (Å²) >= 11 is 0. The van der Waals surface area contributed by atoms with Gasteiger partial charge in [0.15, 0.2) is 0 Å². The van der Waals surface area contributed by atoms with E-state index in [1.165, 1.54) is 122 Å². The first-order chi connectivity index (χ1) is 36.5.